The van der Waals surface area contributed by atoms with Crippen molar-refractivity contribution in [3.63, 3.8) is 0 Å². The average molecular weight is 293 g/mol. The van der Waals surface area contributed by atoms with Gasteiger partial charge in [-0.15, -0.1) is 10.2 Å². The topological polar surface area (TPSA) is 51.0 Å². The lowest BCUT2D eigenvalue weighted by Crippen LogP contribution is -2.25. The SMILES string of the molecule is CCNC(CC)c1nnc(C2CCC(C(C)(C)C)CC2)o1. The fourth-order valence-electron chi connectivity index (χ4n) is 3.41. The molecule has 1 aromatic heterocycles. The first-order chi connectivity index (χ1) is 9.95. The van der Waals surface area contributed by atoms with Crippen molar-refractivity contribution >= 4 is 0 Å². The molecule has 1 heterocycles. The predicted octanol–water partition coefficient (Wildman–Crippen LogP) is 4.45. The number of aromatic nitrogens is 2. The summed E-state index contributed by atoms with van der Waals surface area (Å²) >= 11 is 0. The second kappa shape index (κ2) is 6.91. The fraction of sp³-hybridized carbons (Fsp3) is 0.882. The molecule has 0 radical (unpaired) electrons. The van der Waals surface area contributed by atoms with Crippen molar-refractivity contribution < 1.29 is 4.42 Å². The van der Waals surface area contributed by atoms with E-state index in [0.717, 1.165) is 30.7 Å². The maximum atomic E-state index is 5.96. The van der Waals surface area contributed by atoms with Gasteiger partial charge in [0, 0.05) is 5.92 Å². The highest BCUT2D eigenvalue weighted by Crippen LogP contribution is 2.42. The van der Waals surface area contributed by atoms with Crippen LogP contribution in [-0.2, 0) is 0 Å². The van der Waals surface area contributed by atoms with E-state index >= 15 is 0 Å². The molecule has 0 bridgehead atoms. The first kappa shape index (κ1) is 16.5. The number of nitrogens with one attached hydrogen (secondary N) is 1. The smallest absolute Gasteiger partial charge is 0.233 e. The Hall–Kier alpha value is -0.900. The Labute approximate surface area is 129 Å². The molecule has 1 fully saturated rings. The highest BCUT2D eigenvalue weighted by atomic mass is 16.4. The van der Waals surface area contributed by atoms with Gasteiger partial charge in [-0.1, -0.05) is 34.6 Å². The minimum absolute atomic E-state index is 0.196. The highest BCUT2D eigenvalue weighted by molar-refractivity contribution is 4.97. The molecular weight excluding hydrogens is 262 g/mol. The molecule has 1 atom stereocenters. The molecule has 4 heteroatoms. The van der Waals surface area contributed by atoms with Gasteiger partial charge in [0.2, 0.25) is 11.8 Å². The van der Waals surface area contributed by atoms with Crippen LogP contribution in [0, 0.1) is 11.3 Å². The van der Waals surface area contributed by atoms with Crippen LogP contribution in [0.5, 0.6) is 0 Å². The van der Waals surface area contributed by atoms with Gasteiger partial charge in [0.15, 0.2) is 0 Å². The molecule has 1 saturated carbocycles. The monoisotopic (exact) mass is 293 g/mol. The largest absolute Gasteiger partial charge is 0.423 e. The normalized spacial score (nSPS) is 25.0. The molecule has 0 aliphatic heterocycles. The Kier molecular flexibility index (Phi) is 5.42. The first-order valence-corrected chi connectivity index (χ1v) is 8.52. The van der Waals surface area contributed by atoms with E-state index in [0.29, 0.717) is 11.3 Å². The summed E-state index contributed by atoms with van der Waals surface area (Å²) in [6, 6.07) is 0.196. The molecule has 1 aliphatic carbocycles. The van der Waals surface area contributed by atoms with Crippen LogP contribution in [0.2, 0.25) is 0 Å². The zero-order valence-corrected chi connectivity index (χ0v) is 14.3. The van der Waals surface area contributed by atoms with E-state index in [9.17, 15) is 0 Å². The van der Waals surface area contributed by atoms with Gasteiger partial charge in [0.25, 0.3) is 0 Å². The minimum Gasteiger partial charge on any atom is -0.423 e. The van der Waals surface area contributed by atoms with Gasteiger partial charge < -0.3 is 9.73 Å². The third kappa shape index (κ3) is 4.06. The third-order valence-electron chi connectivity index (χ3n) is 4.91. The van der Waals surface area contributed by atoms with Gasteiger partial charge >= 0.3 is 0 Å². The summed E-state index contributed by atoms with van der Waals surface area (Å²) < 4.78 is 5.96. The second-order valence-corrected chi connectivity index (χ2v) is 7.41. The fourth-order valence-corrected chi connectivity index (χ4v) is 3.41. The Balaban J connectivity index is 1.97. The maximum Gasteiger partial charge on any atom is 0.233 e. The zero-order chi connectivity index (χ0) is 15.5. The van der Waals surface area contributed by atoms with Crippen LogP contribution in [0.25, 0.3) is 0 Å². The van der Waals surface area contributed by atoms with Crippen molar-refractivity contribution in [2.45, 2.75) is 78.7 Å². The maximum absolute atomic E-state index is 5.96. The molecule has 21 heavy (non-hydrogen) atoms. The first-order valence-electron chi connectivity index (χ1n) is 8.52. The Morgan fingerprint density at radius 3 is 2.33 bits per heavy atom. The summed E-state index contributed by atoms with van der Waals surface area (Å²) in [5, 5.41) is 12.0. The lowest BCUT2D eigenvalue weighted by Gasteiger charge is -2.36. The van der Waals surface area contributed by atoms with E-state index in [1.165, 1.54) is 25.7 Å². The van der Waals surface area contributed by atoms with Gasteiger partial charge in [-0.05, 0) is 50.0 Å². The minimum atomic E-state index is 0.196. The van der Waals surface area contributed by atoms with Crippen LogP contribution in [0.1, 0.15) is 90.5 Å². The highest BCUT2D eigenvalue weighted by Gasteiger charge is 2.32. The van der Waals surface area contributed by atoms with Gasteiger partial charge in [-0.2, -0.15) is 0 Å². The van der Waals surface area contributed by atoms with E-state index in [1.54, 1.807) is 0 Å². The van der Waals surface area contributed by atoms with Crippen molar-refractivity contribution in [3.8, 4) is 0 Å². The molecule has 1 aliphatic rings. The zero-order valence-electron chi connectivity index (χ0n) is 14.3. The molecule has 0 amide bonds. The molecule has 0 saturated heterocycles. The molecule has 4 nitrogen and oxygen atoms in total. The van der Waals surface area contributed by atoms with E-state index in [4.69, 9.17) is 4.42 Å². The number of rotatable bonds is 5. The van der Waals surface area contributed by atoms with E-state index in [2.05, 4.69) is 50.1 Å². The number of hydrogen-bond donors (Lipinski definition) is 1. The molecule has 0 aromatic carbocycles. The van der Waals surface area contributed by atoms with Crippen LogP contribution >= 0.6 is 0 Å². The summed E-state index contributed by atoms with van der Waals surface area (Å²) in [4.78, 5) is 0. The summed E-state index contributed by atoms with van der Waals surface area (Å²) in [7, 11) is 0. The van der Waals surface area contributed by atoms with Crippen LogP contribution in [0.4, 0.5) is 0 Å². The number of hydrogen-bond acceptors (Lipinski definition) is 4. The molecule has 1 unspecified atom stereocenters. The Morgan fingerprint density at radius 1 is 1.14 bits per heavy atom. The van der Waals surface area contributed by atoms with Gasteiger partial charge in [-0.3, -0.25) is 0 Å². The summed E-state index contributed by atoms with van der Waals surface area (Å²) in [5.41, 5.74) is 0.420. The lowest BCUT2D eigenvalue weighted by atomic mass is 9.70. The van der Waals surface area contributed by atoms with Gasteiger partial charge in [-0.25, -0.2) is 0 Å². The molecule has 2 rings (SSSR count). The van der Waals surface area contributed by atoms with Gasteiger partial charge in [0.1, 0.15) is 0 Å². The Bertz CT molecular complexity index is 427. The van der Waals surface area contributed by atoms with Crippen LogP contribution in [-0.4, -0.2) is 16.7 Å². The lowest BCUT2D eigenvalue weighted by molar-refractivity contribution is 0.161. The summed E-state index contributed by atoms with van der Waals surface area (Å²) in [5.74, 6) is 2.89. The van der Waals surface area contributed by atoms with Crippen molar-refractivity contribution in [2.24, 2.45) is 11.3 Å². The molecular formula is C17H31N3O. The summed E-state index contributed by atoms with van der Waals surface area (Å²) in [6.07, 6.45) is 5.89. The van der Waals surface area contributed by atoms with E-state index < -0.39 is 0 Å². The molecule has 0 spiro atoms. The number of nitrogens with zero attached hydrogens (tertiary/aromatic N) is 2. The average Bonchev–Trinajstić information content (AvgIpc) is 2.93. The van der Waals surface area contributed by atoms with Crippen molar-refractivity contribution in [1.29, 1.82) is 0 Å². The van der Waals surface area contributed by atoms with Crippen molar-refractivity contribution in [1.82, 2.24) is 15.5 Å². The van der Waals surface area contributed by atoms with Crippen molar-refractivity contribution in [2.75, 3.05) is 6.54 Å². The van der Waals surface area contributed by atoms with E-state index in [1.807, 2.05) is 0 Å². The van der Waals surface area contributed by atoms with Gasteiger partial charge in [0.05, 0.1) is 6.04 Å². The summed E-state index contributed by atoms with van der Waals surface area (Å²) in [6.45, 7) is 12.2. The quantitative estimate of drug-likeness (QED) is 0.871. The van der Waals surface area contributed by atoms with Crippen LogP contribution in [0.15, 0.2) is 4.42 Å². The molecule has 1 N–H and O–H groups in total. The van der Waals surface area contributed by atoms with Crippen LogP contribution < -0.4 is 5.32 Å². The second-order valence-electron chi connectivity index (χ2n) is 7.41. The standard InChI is InChI=1S/C17H31N3O/c1-6-14(18-7-2)16-20-19-15(21-16)12-8-10-13(11-9-12)17(3,4)5/h12-14,18H,6-11H2,1-5H3. The molecule has 1 aromatic rings. The van der Waals surface area contributed by atoms with Crippen molar-refractivity contribution in [3.05, 3.63) is 11.8 Å². The predicted molar refractivity (Wildman–Crippen MR) is 85.2 cm³/mol. The third-order valence-corrected chi connectivity index (χ3v) is 4.91. The Morgan fingerprint density at radius 2 is 1.81 bits per heavy atom. The molecule has 120 valence electrons. The van der Waals surface area contributed by atoms with E-state index in [-0.39, 0.29) is 6.04 Å². The van der Waals surface area contributed by atoms with Crippen LogP contribution in [0.3, 0.4) is 0 Å².